The number of hydrogen-bond donors (Lipinski definition) is 2. The van der Waals surface area contributed by atoms with E-state index < -0.39 is 11.5 Å². The summed E-state index contributed by atoms with van der Waals surface area (Å²) in [7, 11) is 0. The summed E-state index contributed by atoms with van der Waals surface area (Å²) in [5.74, 6) is -0.199. The summed E-state index contributed by atoms with van der Waals surface area (Å²) in [6.45, 7) is 2.14. The molecule has 64 valence electrons. The van der Waals surface area contributed by atoms with Gasteiger partial charge in [-0.2, -0.15) is 0 Å². The minimum absolute atomic E-state index is 0.628. The highest BCUT2D eigenvalue weighted by molar-refractivity contribution is 5.78. The van der Waals surface area contributed by atoms with Gasteiger partial charge in [-0.15, -0.1) is 0 Å². The summed E-state index contributed by atoms with van der Waals surface area (Å²) in [6.07, 6.45) is 3.15. The predicted octanol–water partition coefficient (Wildman–Crippen LogP) is 0.979. The Balaban J connectivity index is 2.55. The number of carboxylic acid groups (broad SMARTS) is 1. The van der Waals surface area contributed by atoms with E-state index in [9.17, 15) is 4.79 Å². The van der Waals surface area contributed by atoms with E-state index in [0.717, 1.165) is 12.8 Å². The number of hydrogen-bond acceptors (Lipinski definition) is 2. The van der Waals surface area contributed by atoms with Crippen LogP contribution in [-0.4, -0.2) is 16.6 Å². The summed E-state index contributed by atoms with van der Waals surface area (Å²) in [6, 6.07) is 0. The third-order valence-corrected chi connectivity index (χ3v) is 2.59. The molecule has 0 bridgehead atoms. The maximum absolute atomic E-state index is 10.7. The number of aliphatic carboxylic acids is 1. The van der Waals surface area contributed by atoms with Crippen LogP contribution in [-0.2, 0) is 4.79 Å². The molecule has 0 aromatic heterocycles. The van der Waals surface area contributed by atoms with Crippen LogP contribution in [0, 0.1) is 5.92 Å². The van der Waals surface area contributed by atoms with Gasteiger partial charge in [0.1, 0.15) is 5.54 Å². The van der Waals surface area contributed by atoms with Gasteiger partial charge in [0, 0.05) is 0 Å². The molecule has 3 N–H and O–H groups in total. The SMILES string of the molecule is CC1CCC(N)(C(=O)O)CC1. The van der Waals surface area contributed by atoms with Gasteiger partial charge in [-0.05, 0) is 31.6 Å². The van der Waals surface area contributed by atoms with Crippen molar-refractivity contribution in [1.82, 2.24) is 0 Å². The van der Waals surface area contributed by atoms with Crippen LogP contribution in [0.3, 0.4) is 0 Å². The van der Waals surface area contributed by atoms with Gasteiger partial charge in [0.25, 0.3) is 0 Å². The first-order valence-corrected chi connectivity index (χ1v) is 4.07. The largest absolute Gasteiger partial charge is 0.480 e. The van der Waals surface area contributed by atoms with Crippen molar-refractivity contribution in [2.45, 2.75) is 38.1 Å². The molecule has 1 saturated carbocycles. The Morgan fingerprint density at radius 1 is 1.55 bits per heavy atom. The van der Waals surface area contributed by atoms with Crippen LogP contribution >= 0.6 is 0 Å². The van der Waals surface area contributed by atoms with Crippen LogP contribution in [0.1, 0.15) is 32.6 Å². The Hall–Kier alpha value is -0.570. The number of rotatable bonds is 1. The van der Waals surface area contributed by atoms with E-state index in [4.69, 9.17) is 10.8 Å². The molecule has 1 rings (SSSR count). The van der Waals surface area contributed by atoms with Gasteiger partial charge >= 0.3 is 5.97 Å². The summed E-state index contributed by atoms with van der Waals surface area (Å²) < 4.78 is 0. The second-order valence-electron chi connectivity index (χ2n) is 3.64. The normalized spacial score (nSPS) is 38.5. The van der Waals surface area contributed by atoms with Crippen molar-refractivity contribution in [2.75, 3.05) is 0 Å². The molecule has 0 aromatic rings. The standard InChI is InChI=1S/C8H15NO2/c1-6-2-4-8(9,5-3-6)7(10)11/h6H,2-5,9H2,1H3,(H,10,11). The van der Waals surface area contributed by atoms with Gasteiger partial charge in [0.2, 0.25) is 0 Å². The molecule has 0 saturated heterocycles. The van der Waals surface area contributed by atoms with Crippen LogP contribution < -0.4 is 5.73 Å². The summed E-state index contributed by atoms with van der Waals surface area (Å²) >= 11 is 0. The van der Waals surface area contributed by atoms with E-state index in [1.54, 1.807) is 0 Å². The molecule has 0 aromatic carbocycles. The molecule has 1 aliphatic rings. The molecule has 0 heterocycles. The molecule has 1 aliphatic carbocycles. The molecular formula is C8H15NO2. The van der Waals surface area contributed by atoms with Crippen LogP contribution in [0.5, 0.6) is 0 Å². The lowest BCUT2D eigenvalue weighted by molar-refractivity contribution is -0.144. The predicted molar refractivity (Wildman–Crippen MR) is 42.2 cm³/mol. The van der Waals surface area contributed by atoms with E-state index in [2.05, 4.69) is 6.92 Å². The molecule has 0 amide bonds. The molecule has 3 heteroatoms. The van der Waals surface area contributed by atoms with Crippen molar-refractivity contribution in [2.24, 2.45) is 11.7 Å². The maximum Gasteiger partial charge on any atom is 0.323 e. The number of nitrogens with two attached hydrogens (primary N) is 1. The lowest BCUT2D eigenvalue weighted by Gasteiger charge is -2.31. The molecule has 0 radical (unpaired) electrons. The van der Waals surface area contributed by atoms with Gasteiger partial charge in [-0.3, -0.25) is 4.79 Å². The van der Waals surface area contributed by atoms with Gasteiger partial charge in [0.15, 0.2) is 0 Å². The smallest absolute Gasteiger partial charge is 0.323 e. The fourth-order valence-electron chi connectivity index (χ4n) is 1.49. The van der Waals surface area contributed by atoms with Gasteiger partial charge in [0.05, 0.1) is 0 Å². The van der Waals surface area contributed by atoms with Crippen molar-refractivity contribution in [3.8, 4) is 0 Å². The van der Waals surface area contributed by atoms with E-state index in [0.29, 0.717) is 18.8 Å². The number of carboxylic acids is 1. The first-order chi connectivity index (χ1) is 5.04. The van der Waals surface area contributed by atoms with Crippen molar-refractivity contribution in [1.29, 1.82) is 0 Å². The minimum atomic E-state index is -0.924. The Bertz CT molecular complexity index is 159. The average molecular weight is 157 g/mol. The zero-order chi connectivity index (χ0) is 8.48. The van der Waals surface area contributed by atoms with Crippen molar-refractivity contribution >= 4 is 5.97 Å². The molecular weight excluding hydrogens is 142 g/mol. The average Bonchev–Trinajstić information content (AvgIpc) is 1.95. The van der Waals surface area contributed by atoms with Crippen LogP contribution in [0.25, 0.3) is 0 Å². The Morgan fingerprint density at radius 2 is 2.00 bits per heavy atom. The Kier molecular flexibility index (Phi) is 2.18. The Labute approximate surface area is 66.6 Å². The first kappa shape index (κ1) is 8.53. The van der Waals surface area contributed by atoms with Crippen LogP contribution in [0.2, 0.25) is 0 Å². The Morgan fingerprint density at radius 3 is 2.36 bits per heavy atom. The van der Waals surface area contributed by atoms with Gasteiger partial charge in [-0.1, -0.05) is 6.92 Å². The molecule has 3 nitrogen and oxygen atoms in total. The van der Waals surface area contributed by atoms with E-state index in [1.165, 1.54) is 0 Å². The van der Waals surface area contributed by atoms with Crippen molar-refractivity contribution in [3.63, 3.8) is 0 Å². The molecule has 0 aliphatic heterocycles. The molecule has 11 heavy (non-hydrogen) atoms. The monoisotopic (exact) mass is 157 g/mol. The highest BCUT2D eigenvalue weighted by atomic mass is 16.4. The highest BCUT2D eigenvalue weighted by Gasteiger charge is 2.36. The lowest BCUT2D eigenvalue weighted by Crippen LogP contribution is -2.50. The van der Waals surface area contributed by atoms with E-state index >= 15 is 0 Å². The van der Waals surface area contributed by atoms with Gasteiger partial charge in [-0.25, -0.2) is 0 Å². The summed E-state index contributed by atoms with van der Waals surface area (Å²) in [5.41, 5.74) is 4.74. The topological polar surface area (TPSA) is 63.3 Å². The molecule has 0 unspecified atom stereocenters. The second-order valence-corrected chi connectivity index (χ2v) is 3.64. The third kappa shape index (κ3) is 1.71. The lowest BCUT2D eigenvalue weighted by atomic mass is 9.78. The molecule has 1 fully saturated rings. The van der Waals surface area contributed by atoms with E-state index in [1.807, 2.05) is 0 Å². The molecule has 0 spiro atoms. The highest BCUT2D eigenvalue weighted by Crippen LogP contribution is 2.29. The van der Waals surface area contributed by atoms with Crippen LogP contribution in [0.15, 0.2) is 0 Å². The second kappa shape index (κ2) is 2.81. The summed E-state index contributed by atoms with van der Waals surface area (Å²) in [5, 5.41) is 8.76. The van der Waals surface area contributed by atoms with E-state index in [-0.39, 0.29) is 0 Å². The van der Waals surface area contributed by atoms with Crippen LogP contribution in [0.4, 0.5) is 0 Å². The number of carbonyl (C=O) groups is 1. The zero-order valence-corrected chi connectivity index (χ0v) is 6.84. The fourth-order valence-corrected chi connectivity index (χ4v) is 1.49. The third-order valence-electron chi connectivity index (χ3n) is 2.59. The minimum Gasteiger partial charge on any atom is -0.480 e. The fraction of sp³-hybridized carbons (Fsp3) is 0.875. The van der Waals surface area contributed by atoms with Crippen molar-refractivity contribution < 1.29 is 9.90 Å². The summed E-state index contributed by atoms with van der Waals surface area (Å²) in [4.78, 5) is 10.7. The van der Waals surface area contributed by atoms with Gasteiger partial charge < -0.3 is 10.8 Å². The quantitative estimate of drug-likeness (QED) is 0.596. The maximum atomic E-state index is 10.7. The first-order valence-electron chi connectivity index (χ1n) is 4.07. The van der Waals surface area contributed by atoms with Crippen molar-refractivity contribution in [3.05, 3.63) is 0 Å². The molecule has 0 atom stereocenters. The zero-order valence-electron chi connectivity index (χ0n) is 6.84.